The van der Waals surface area contributed by atoms with Crippen LogP contribution >= 0.6 is 0 Å². The molecule has 0 amide bonds. The lowest BCUT2D eigenvalue weighted by Gasteiger charge is -2.37. The van der Waals surface area contributed by atoms with Crippen LogP contribution in [0, 0.1) is 0 Å². The predicted octanol–water partition coefficient (Wildman–Crippen LogP) is 2.15. The SMILES string of the molecule is COc1ccc2c(c1)C(O)C(N(C)CC1CCCO1)CC2. The Kier molecular flexibility index (Phi) is 4.48. The molecule has 0 radical (unpaired) electrons. The number of likely N-dealkylation sites (N-methyl/N-ethyl adjacent to an activating group) is 1. The summed E-state index contributed by atoms with van der Waals surface area (Å²) in [6.07, 6.45) is 4.17. The number of rotatable bonds is 4. The summed E-state index contributed by atoms with van der Waals surface area (Å²) in [7, 11) is 3.76. The second-order valence-corrected chi connectivity index (χ2v) is 6.19. The standard InChI is InChI=1S/C17H25NO3/c1-18(11-14-4-3-9-21-14)16-8-6-12-5-7-13(20-2)10-15(12)17(16)19/h5,7,10,14,16-17,19H,3-4,6,8-9,11H2,1-2H3. The van der Waals surface area contributed by atoms with Crippen LogP contribution in [0.5, 0.6) is 5.75 Å². The lowest BCUT2D eigenvalue weighted by Crippen LogP contribution is -2.43. The highest BCUT2D eigenvalue weighted by molar-refractivity contribution is 5.39. The molecule has 1 aliphatic heterocycles. The Morgan fingerprint density at radius 2 is 2.24 bits per heavy atom. The molecule has 1 aromatic carbocycles. The van der Waals surface area contributed by atoms with Crippen LogP contribution in [0.15, 0.2) is 18.2 Å². The van der Waals surface area contributed by atoms with Crippen molar-refractivity contribution in [1.29, 1.82) is 0 Å². The second-order valence-electron chi connectivity index (χ2n) is 6.19. The zero-order chi connectivity index (χ0) is 14.8. The summed E-state index contributed by atoms with van der Waals surface area (Å²) in [6, 6.07) is 6.19. The summed E-state index contributed by atoms with van der Waals surface area (Å²) in [5.74, 6) is 0.815. The van der Waals surface area contributed by atoms with Gasteiger partial charge in [-0.1, -0.05) is 6.07 Å². The Hall–Kier alpha value is -1.10. The first-order chi connectivity index (χ1) is 10.2. The van der Waals surface area contributed by atoms with Gasteiger partial charge in [-0.2, -0.15) is 0 Å². The molecule has 1 aliphatic carbocycles. The number of hydrogen-bond acceptors (Lipinski definition) is 4. The van der Waals surface area contributed by atoms with Crippen molar-refractivity contribution in [3.63, 3.8) is 0 Å². The molecule has 1 N–H and O–H groups in total. The summed E-state index contributed by atoms with van der Waals surface area (Å²) in [4.78, 5) is 2.27. The van der Waals surface area contributed by atoms with Crippen LogP contribution in [-0.4, -0.2) is 49.5 Å². The molecule has 1 saturated heterocycles. The Bertz CT molecular complexity index is 485. The molecule has 1 heterocycles. The van der Waals surface area contributed by atoms with Gasteiger partial charge in [0.1, 0.15) is 5.75 Å². The Morgan fingerprint density at radius 1 is 1.38 bits per heavy atom. The van der Waals surface area contributed by atoms with Crippen LogP contribution in [-0.2, 0) is 11.2 Å². The maximum Gasteiger partial charge on any atom is 0.119 e. The molecule has 4 heteroatoms. The van der Waals surface area contributed by atoms with Gasteiger partial charge in [-0.05, 0) is 56.0 Å². The van der Waals surface area contributed by atoms with Crippen LogP contribution in [0.1, 0.15) is 36.5 Å². The van der Waals surface area contributed by atoms with Gasteiger partial charge in [0.05, 0.1) is 19.3 Å². The van der Waals surface area contributed by atoms with E-state index >= 15 is 0 Å². The fourth-order valence-corrected chi connectivity index (χ4v) is 3.58. The van der Waals surface area contributed by atoms with Crippen molar-refractivity contribution in [3.8, 4) is 5.75 Å². The summed E-state index contributed by atoms with van der Waals surface area (Å²) in [5.41, 5.74) is 2.26. The van der Waals surface area contributed by atoms with E-state index in [0.717, 1.165) is 50.1 Å². The number of aliphatic hydroxyl groups is 1. The van der Waals surface area contributed by atoms with Crippen LogP contribution < -0.4 is 4.74 Å². The number of benzene rings is 1. The average molecular weight is 291 g/mol. The lowest BCUT2D eigenvalue weighted by atomic mass is 9.85. The maximum absolute atomic E-state index is 10.7. The Labute approximate surface area is 126 Å². The van der Waals surface area contributed by atoms with E-state index in [1.165, 1.54) is 5.56 Å². The predicted molar refractivity (Wildman–Crippen MR) is 81.7 cm³/mol. The zero-order valence-corrected chi connectivity index (χ0v) is 12.9. The molecule has 0 saturated carbocycles. The van der Waals surface area contributed by atoms with E-state index in [1.54, 1.807) is 7.11 Å². The normalized spacial score (nSPS) is 28.7. The highest BCUT2D eigenvalue weighted by atomic mass is 16.5. The molecule has 3 unspecified atom stereocenters. The molecular weight excluding hydrogens is 266 g/mol. The molecule has 3 rings (SSSR count). The van der Waals surface area contributed by atoms with Crippen molar-refractivity contribution in [2.24, 2.45) is 0 Å². The molecule has 3 atom stereocenters. The fraction of sp³-hybridized carbons (Fsp3) is 0.647. The number of ether oxygens (including phenoxy) is 2. The highest BCUT2D eigenvalue weighted by Crippen LogP contribution is 2.35. The molecular formula is C17H25NO3. The maximum atomic E-state index is 10.7. The quantitative estimate of drug-likeness (QED) is 0.923. The molecule has 4 nitrogen and oxygen atoms in total. The third kappa shape index (κ3) is 3.07. The minimum Gasteiger partial charge on any atom is -0.497 e. The van der Waals surface area contributed by atoms with Gasteiger partial charge in [-0.25, -0.2) is 0 Å². The monoisotopic (exact) mass is 291 g/mol. The van der Waals surface area contributed by atoms with Crippen LogP contribution in [0.3, 0.4) is 0 Å². The molecule has 1 fully saturated rings. The number of aliphatic hydroxyl groups excluding tert-OH is 1. The average Bonchev–Trinajstić information content (AvgIpc) is 3.00. The van der Waals surface area contributed by atoms with Gasteiger partial charge in [0, 0.05) is 19.2 Å². The molecule has 0 aromatic heterocycles. The van der Waals surface area contributed by atoms with E-state index in [1.807, 2.05) is 12.1 Å². The van der Waals surface area contributed by atoms with E-state index in [0.29, 0.717) is 6.10 Å². The first kappa shape index (κ1) is 14.8. The summed E-state index contributed by atoms with van der Waals surface area (Å²) >= 11 is 0. The lowest BCUT2D eigenvalue weighted by molar-refractivity contribution is 0.0151. The molecule has 2 aliphatic rings. The van der Waals surface area contributed by atoms with Crippen LogP contribution in [0.4, 0.5) is 0 Å². The van der Waals surface area contributed by atoms with Crippen molar-refractivity contribution in [2.75, 3.05) is 27.3 Å². The third-order valence-electron chi connectivity index (χ3n) is 4.83. The number of methoxy groups -OCH3 is 1. The smallest absolute Gasteiger partial charge is 0.119 e. The minimum atomic E-state index is -0.449. The van der Waals surface area contributed by atoms with Gasteiger partial charge in [-0.15, -0.1) is 0 Å². The van der Waals surface area contributed by atoms with Gasteiger partial charge >= 0.3 is 0 Å². The van der Waals surface area contributed by atoms with Crippen LogP contribution in [0.2, 0.25) is 0 Å². The van der Waals surface area contributed by atoms with E-state index in [4.69, 9.17) is 9.47 Å². The summed E-state index contributed by atoms with van der Waals surface area (Å²) < 4.78 is 11.0. The van der Waals surface area contributed by atoms with Crippen molar-refractivity contribution in [3.05, 3.63) is 29.3 Å². The molecule has 0 spiro atoms. The van der Waals surface area contributed by atoms with Crippen LogP contribution in [0.25, 0.3) is 0 Å². The number of fused-ring (bicyclic) bond motifs is 1. The van der Waals surface area contributed by atoms with Crippen molar-refractivity contribution in [1.82, 2.24) is 4.90 Å². The molecule has 21 heavy (non-hydrogen) atoms. The first-order valence-corrected chi connectivity index (χ1v) is 7.85. The van der Waals surface area contributed by atoms with E-state index in [9.17, 15) is 5.11 Å². The van der Waals surface area contributed by atoms with Gasteiger partial charge in [0.2, 0.25) is 0 Å². The minimum absolute atomic E-state index is 0.161. The Balaban J connectivity index is 1.72. The van der Waals surface area contributed by atoms with Crippen molar-refractivity contribution >= 4 is 0 Å². The van der Waals surface area contributed by atoms with Gasteiger partial charge in [0.15, 0.2) is 0 Å². The second kappa shape index (κ2) is 6.34. The number of hydrogen-bond donors (Lipinski definition) is 1. The zero-order valence-electron chi connectivity index (χ0n) is 12.9. The first-order valence-electron chi connectivity index (χ1n) is 7.85. The number of nitrogens with zero attached hydrogens (tertiary/aromatic N) is 1. The van der Waals surface area contributed by atoms with Gasteiger partial charge in [-0.3, -0.25) is 4.90 Å². The van der Waals surface area contributed by atoms with Crippen molar-refractivity contribution < 1.29 is 14.6 Å². The van der Waals surface area contributed by atoms with Gasteiger partial charge in [0.25, 0.3) is 0 Å². The largest absolute Gasteiger partial charge is 0.497 e. The molecule has 116 valence electrons. The third-order valence-corrected chi connectivity index (χ3v) is 4.83. The van der Waals surface area contributed by atoms with E-state index in [-0.39, 0.29) is 6.04 Å². The molecule has 0 bridgehead atoms. The topological polar surface area (TPSA) is 41.9 Å². The van der Waals surface area contributed by atoms with Crippen molar-refractivity contribution in [2.45, 2.75) is 43.9 Å². The summed E-state index contributed by atoms with van der Waals surface area (Å²) in [5, 5.41) is 10.7. The fourth-order valence-electron chi connectivity index (χ4n) is 3.58. The summed E-state index contributed by atoms with van der Waals surface area (Å²) in [6.45, 7) is 1.78. The molecule has 1 aromatic rings. The highest BCUT2D eigenvalue weighted by Gasteiger charge is 2.32. The Morgan fingerprint density at radius 3 is 2.95 bits per heavy atom. The van der Waals surface area contributed by atoms with E-state index < -0.39 is 6.10 Å². The number of aryl methyl sites for hydroxylation is 1. The van der Waals surface area contributed by atoms with E-state index in [2.05, 4.69) is 18.0 Å². The van der Waals surface area contributed by atoms with Gasteiger partial charge < -0.3 is 14.6 Å².